The lowest BCUT2D eigenvalue weighted by Gasteiger charge is -2.11. The normalized spacial score (nSPS) is 10.6. The van der Waals surface area contributed by atoms with Crippen LogP contribution >= 0.6 is 11.6 Å². The van der Waals surface area contributed by atoms with Crippen molar-refractivity contribution in [2.24, 2.45) is 0 Å². The lowest BCUT2D eigenvalue weighted by molar-refractivity contribution is 0.0946. The van der Waals surface area contributed by atoms with Crippen molar-refractivity contribution in [3.63, 3.8) is 0 Å². The summed E-state index contributed by atoms with van der Waals surface area (Å²) in [6, 6.07) is 2.71. The molecule has 1 aromatic carbocycles. The van der Waals surface area contributed by atoms with E-state index in [0.717, 1.165) is 0 Å². The standard InChI is InChI=1S/C16H16ClFN2O2/c1-8-4-5-11(18)13(14(8)17)16(22)20-7-12-10(3)15(21)9(2)6-19-12/h4-6H,7H2,1-3H3,(H,19,21)(H,20,22). The Labute approximate surface area is 132 Å². The maximum Gasteiger partial charge on any atom is 0.256 e. The summed E-state index contributed by atoms with van der Waals surface area (Å²) in [7, 11) is 0. The number of aryl methyl sites for hydroxylation is 2. The van der Waals surface area contributed by atoms with Gasteiger partial charge in [0.05, 0.1) is 17.1 Å². The average Bonchev–Trinajstić information content (AvgIpc) is 2.48. The third kappa shape index (κ3) is 3.04. The monoisotopic (exact) mass is 322 g/mol. The highest BCUT2D eigenvalue weighted by atomic mass is 35.5. The van der Waals surface area contributed by atoms with E-state index in [-0.39, 0.29) is 22.6 Å². The Morgan fingerprint density at radius 1 is 1.27 bits per heavy atom. The molecule has 0 fully saturated rings. The number of carbonyl (C=O) groups is 1. The molecule has 6 heteroatoms. The summed E-state index contributed by atoms with van der Waals surface area (Å²) in [6.45, 7) is 5.16. The first-order valence-electron chi connectivity index (χ1n) is 6.73. The summed E-state index contributed by atoms with van der Waals surface area (Å²) in [5.74, 6) is -1.30. The molecule has 22 heavy (non-hydrogen) atoms. The van der Waals surface area contributed by atoms with Crippen LogP contribution in [0.25, 0.3) is 0 Å². The molecule has 0 bridgehead atoms. The first kappa shape index (κ1) is 16.2. The molecule has 2 aromatic rings. The Bertz CT molecular complexity index is 799. The second-order valence-corrected chi connectivity index (χ2v) is 5.52. The Morgan fingerprint density at radius 2 is 1.95 bits per heavy atom. The van der Waals surface area contributed by atoms with Crippen LogP contribution in [0.5, 0.6) is 0 Å². The number of halogens is 2. The quantitative estimate of drug-likeness (QED) is 0.912. The molecule has 0 unspecified atom stereocenters. The van der Waals surface area contributed by atoms with E-state index < -0.39 is 11.7 Å². The van der Waals surface area contributed by atoms with Gasteiger partial charge in [-0.2, -0.15) is 0 Å². The van der Waals surface area contributed by atoms with E-state index in [1.807, 2.05) is 0 Å². The van der Waals surface area contributed by atoms with Crippen LogP contribution in [0, 0.1) is 26.6 Å². The molecule has 2 N–H and O–H groups in total. The number of aromatic amines is 1. The number of rotatable bonds is 3. The summed E-state index contributed by atoms with van der Waals surface area (Å²) in [5.41, 5.74) is 2.05. The van der Waals surface area contributed by atoms with Crippen molar-refractivity contribution in [2.45, 2.75) is 27.3 Å². The first-order chi connectivity index (χ1) is 10.3. The number of amides is 1. The molecular weight excluding hydrogens is 307 g/mol. The van der Waals surface area contributed by atoms with Gasteiger partial charge in [-0.3, -0.25) is 9.59 Å². The van der Waals surface area contributed by atoms with Crippen LogP contribution < -0.4 is 10.7 Å². The van der Waals surface area contributed by atoms with Crippen molar-refractivity contribution in [3.05, 3.63) is 67.3 Å². The molecule has 2 rings (SSSR count). The molecule has 1 heterocycles. The van der Waals surface area contributed by atoms with Gasteiger partial charge < -0.3 is 10.3 Å². The van der Waals surface area contributed by atoms with E-state index in [0.29, 0.717) is 22.4 Å². The number of nitrogens with one attached hydrogen (secondary N) is 2. The second kappa shape index (κ2) is 6.32. The minimum absolute atomic E-state index is 0.0808. The third-order valence-electron chi connectivity index (χ3n) is 3.55. The number of hydrogen-bond acceptors (Lipinski definition) is 2. The number of benzene rings is 1. The predicted octanol–water partition coefficient (Wildman–Crippen LogP) is 3.02. The van der Waals surface area contributed by atoms with Crippen LogP contribution in [0.1, 0.15) is 32.7 Å². The summed E-state index contributed by atoms with van der Waals surface area (Å²) in [6.07, 6.45) is 1.58. The van der Waals surface area contributed by atoms with E-state index in [4.69, 9.17) is 11.6 Å². The van der Waals surface area contributed by atoms with Crippen molar-refractivity contribution in [1.82, 2.24) is 10.3 Å². The molecule has 1 amide bonds. The molecule has 0 radical (unpaired) electrons. The maximum atomic E-state index is 13.8. The summed E-state index contributed by atoms with van der Waals surface area (Å²) in [5, 5.41) is 2.67. The van der Waals surface area contributed by atoms with Gasteiger partial charge in [-0.25, -0.2) is 4.39 Å². The van der Waals surface area contributed by atoms with E-state index in [9.17, 15) is 14.0 Å². The Hall–Kier alpha value is -2.14. The smallest absolute Gasteiger partial charge is 0.256 e. The molecule has 0 spiro atoms. The lowest BCUT2D eigenvalue weighted by Crippen LogP contribution is -2.27. The molecule has 0 saturated carbocycles. The molecule has 0 atom stereocenters. The van der Waals surface area contributed by atoms with E-state index in [2.05, 4.69) is 10.3 Å². The van der Waals surface area contributed by atoms with E-state index in [1.54, 1.807) is 27.0 Å². The van der Waals surface area contributed by atoms with Gasteiger partial charge in [-0.15, -0.1) is 0 Å². The van der Waals surface area contributed by atoms with E-state index >= 15 is 0 Å². The number of aromatic nitrogens is 1. The minimum atomic E-state index is -0.678. The molecule has 4 nitrogen and oxygen atoms in total. The fourth-order valence-corrected chi connectivity index (χ4v) is 2.35. The minimum Gasteiger partial charge on any atom is -0.363 e. The van der Waals surface area contributed by atoms with Gasteiger partial charge in [-0.05, 0) is 32.4 Å². The van der Waals surface area contributed by atoms with Gasteiger partial charge in [0.1, 0.15) is 5.82 Å². The Kier molecular flexibility index (Phi) is 4.66. The van der Waals surface area contributed by atoms with Gasteiger partial charge in [0.2, 0.25) is 0 Å². The Balaban J connectivity index is 2.23. The van der Waals surface area contributed by atoms with Crippen molar-refractivity contribution in [1.29, 1.82) is 0 Å². The van der Waals surface area contributed by atoms with Crippen LogP contribution in [0.4, 0.5) is 4.39 Å². The predicted molar refractivity (Wildman–Crippen MR) is 83.9 cm³/mol. The van der Waals surface area contributed by atoms with Crippen molar-refractivity contribution < 1.29 is 9.18 Å². The molecule has 0 saturated heterocycles. The molecule has 0 aliphatic carbocycles. The van der Waals surface area contributed by atoms with Gasteiger partial charge >= 0.3 is 0 Å². The lowest BCUT2D eigenvalue weighted by atomic mass is 10.1. The van der Waals surface area contributed by atoms with Crippen LogP contribution in [-0.2, 0) is 6.54 Å². The number of carbonyl (C=O) groups excluding carboxylic acids is 1. The molecule has 0 aliphatic rings. The fraction of sp³-hybridized carbons (Fsp3) is 0.250. The van der Waals surface area contributed by atoms with Gasteiger partial charge in [0, 0.05) is 23.0 Å². The second-order valence-electron chi connectivity index (χ2n) is 5.14. The van der Waals surface area contributed by atoms with Crippen LogP contribution in [-0.4, -0.2) is 10.9 Å². The topological polar surface area (TPSA) is 62.0 Å². The molecular formula is C16H16ClFN2O2. The SMILES string of the molecule is Cc1ccc(F)c(C(=O)NCc2[nH]cc(C)c(=O)c2C)c1Cl. The van der Waals surface area contributed by atoms with E-state index in [1.165, 1.54) is 12.1 Å². The summed E-state index contributed by atoms with van der Waals surface area (Å²) in [4.78, 5) is 26.9. The van der Waals surface area contributed by atoms with Crippen LogP contribution in [0.3, 0.4) is 0 Å². The molecule has 116 valence electrons. The molecule has 0 aliphatic heterocycles. The highest BCUT2D eigenvalue weighted by Gasteiger charge is 2.18. The van der Waals surface area contributed by atoms with Crippen molar-refractivity contribution in [3.8, 4) is 0 Å². The highest BCUT2D eigenvalue weighted by Crippen LogP contribution is 2.23. The number of pyridine rings is 1. The first-order valence-corrected chi connectivity index (χ1v) is 7.11. The fourth-order valence-electron chi connectivity index (χ4n) is 2.11. The van der Waals surface area contributed by atoms with Gasteiger partial charge in [0.15, 0.2) is 5.43 Å². The summed E-state index contributed by atoms with van der Waals surface area (Å²) >= 11 is 5.99. The Morgan fingerprint density at radius 3 is 2.64 bits per heavy atom. The molecule has 1 aromatic heterocycles. The zero-order chi connectivity index (χ0) is 16.4. The zero-order valence-electron chi connectivity index (χ0n) is 12.5. The number of hydrogen-bond donors (Lipinski definition) is 2. The van der Waals surface area contributed by atoms with Crippen LogP contribution in [0.15, 0.2) is 23.1 Å². The van der Waals surface area contributed by atoms with Crippen molar-refractivity contribution >= 4 is 17.5 Å². The average molecular weight is 323 g/mol. The maximum absolute atomic E-state index is 13.8. The zero-order valence-corrected chi connectivity index (χ0v) is 13.3. The van der Waals surface area contributed by atoms with Gasteiger partial charge in [-0.1, -0.05) is 17.7 Å². The summed E-state index contributed by atoms with van der Waals surface area (Å²) < 4.78 is 13.8. The third-order valence-corrected chi connectivity index (χ3v) is 4.04. The van der Waals surface area contributed by atoms with Crippen molar-refractivity contribution in [2.75, 3.05) is 0 Å². The highest BCUT2D eigenvalue weighted by molar-refractivity contribution is 6.34. The van der Waals surface area contributed by atoms with Gasteiger partial charge in [0.25, 0.3) is 5.91 Å². The largest absolute Gasteiger partial charge is 0.363 e. The van der Waals surface area contributed by atoms with Crippen LogP contribution in [0.2, 0.25) is 5.02 Å². The number of H-pyrrole nitrogens is 1.